The highest BCUT2D eigenvalue weighted by molar-refractivity contribution is 7.88. The molecule has 3 rings (SSSR count). The summed E-state index contributed by atoms with van der Waals surface area (Å²) < 4.78 is 28.0. The van der Waals surface area contributed by atoms with Crippen LogP contribution in [-0.2, 0) is 15.8 Å². The molecule has 1 heterocycles. The largest absolute Gasteiger partial charge is 0.374 e. The van der Waals surface area contributed by atoms with E-state index in [9.17, 15) is 8.42 Å². The van der Waals surface area contributed by atoms with E-state index in [0.29, 0.717) is 0 Å². The van der Waals surface area contributed by atoms with Gasteiger partial charge in [-0.25, -0.2) is 13.1 Å². The van der Waals surface area contributed by atoms with E-state index in [1.165, 1.54) is 0 Å². The highest BCUT2D eigenvalue weighted by Crippen LogP contribution is 2.33. The first-order chi connectivity index (χ1) is 10.9. The van der Waals surface area contributed by atoms with Crippen LogP contribution in [0.25, 0.3) is 0 Å². The van der Waals surface area contributed by atoms with Crippen LogP contribution in [0, 0.1) is 6.92 Å². The van der Waals surface area contributed by atoms with Crippen LogP contribution in [0.3, 0.4) is 0 Å². The van der Waals surface area contributed by atoms with Crippen molar-refractivity contribution in [2.24, 2.45) is 0 Å². The fraction of sp³-hybridized carbons (Fsp3) is 0.333. The van der Waals surface area contributed by atoms with Crippen molar-refractivity contribution in [1.29, 1.82) is 0 Å². The maximum atomic E-state index is 12.5. The van der Waals surface area contributed by atoms with Gasteiger partial charge in [0.1, 0.15) is 0 Å². The summed E-state index contributed by atoms with van der Waals surface area (Å²) in [6.45, 7) is 2.81. The van der Waals surface area contributed by atoms with E-state index in [-0.39, 0.29) is 11.8 Å². The molecular weight excluding hydrogens is 308 g/mol. The summed E-state index contributed by atoms with van der Waals surface area (Å²) in [4.78, 5) is 2.17. The molecule has 1 N–H and O–H groups in total. The molecule has 0 radical (unpaired) electrons. The minimum Gasteiger partial charge on any atom is -0.374 e. The summed E-state index contributed by atoms with van der Waals surface area (Å²) in [5.41, 5.74) is 4.04. The number of rotatable bonds is 4. The molecule has 0 saturated carbocycles. The van der Waals surface area contributed by atoms with Crippen molar-refractivity contribution in [1.82, 2.24) is 4.72 Å². The molecule has 23 heavy (non-hydrogen) atoms. The van der Waals surface area contributed by atoms with Gasteiger partial charge in [-0.15, -0.1) is 0 Å². The monoisotopic (exact) mass is 330 g/mol. The zero-order chi connectivity index (χ0) is 16.4. The Bertz CT molecular complexity index is 802. The second kappa shape index (κ2) is 6.34. The van der Waals surface area contributed by atoms with E-state index in [2.05, 4.69) is 9.62 Å². The molecule has 1 aliphatic heterocycles. The number of hydrogen-bond donors (Lipinski definition) is 1. The first-order valence-electron chi connectivity index (χ1n) is 7.80. The lowest BCUT2D eigenvalue weighted by Crippen LogP contribution is -2.36. The Morgan fingerprint density at radius 1 is 1.17 bits per heavy atom. The normalized spacial score (nSPS) is 17.8. The quantitative estimate of drug-likeness (QED) is 0.937. The number of sulfonamides is 1. The van der Waals surface area contributed by atoms with Gasteiger partial charge in [0.15, 0.2) is 0 Å². The van der Waals surface area contributed by atoms with Crippen molar-refractivity contribution >= 4 is 15.7 Å². The average molecular weight is 330 g/mol. The molecule has 0 amide bonds. The van der Waals surface area contributed by atoms with Gasteiger partial charge >= 0.3 is 0 Å². The van der Waals surface area contributed by atoms with Crippen LogP contribution in [0.1, 0.15) is 29.2 Å². The van der Waals surface area contributed by atoms with Crippen molar-refractivity contribution in [3.8, 4) is 0 Å². The molecule has 0 bridgehead atoms. The molecule has 122 valence electrons. The molecule has 1 atom stereocenters. The molecule has 0 spiro atoms. The minimum absolute atomic E-state index is 0.0170. The number of nitrogens with one attached hydrogen (secondary N) is 1. The Morgan fingerprint density at radius 2 is 1.96 bits per heavy atom. The van der Waals surface area contributed by atoms with Crippen LogP contribution in [-0.4, -0.2) is 22.0 Å². The molecular formula is C18H22N2O2S. The van der Waals surface area contributed by atoms with Gasteiger partial charge in [0.25, 0.3) is 0 Å². The van der Waals surface area contributed by atoms with Gasteiger partial charge in [-0.3, -0.25) is 0 Å². The SMILES string of the molecule is Cc1cccc(CS(=O)(=O)NC2CCN(C)c3ccccc32)c1. The predicted molar refractivity (Wildman–Crippen MR) is 94.0 cm³/mol. The molecule has 1 aliphatic rings. The lowest BCUT2D eigenvalue weighted by molar-refractivity contribution is 0.528. The molecule has 0 aliphatic carbocycles. The molecule has 0 fully saturated rings. The molecule has 2 aromatic carbocycles. The van der Waals surface area contributed by atoms with E-state index in [0.717, 1.165) is 35.3 Å². The fourth-order valence-corrected chi connectivity index (χ4v) is 4.51. The van der Waals surface area contributed by atoms with E-state index >= 15 is 0 Å². The number of hydrogen-bond acceptors (Lipinski definition) is 3. The van der Waals surface area contributed by atoms with Crippen molar-refractivity contribution in [2.45, 2.75) is 25.1 Å². The van der Waals surface area contributed by atoms with Crippen molar-refractivity contribution < 1.29 is 8.42 Å². The molecule has 0 saturated heterocycles. The third-order valence-electron chi connectivity index (χ3n) is 4.24. The van der Waals surface area contributed by atoms with Gasteiger partial charge in [-0.2, -0.15) is 0 Å². The summed E-state index contributed by atoms with van der Waals surface area (Å²) in [7, 11) is -1.34. The Labute approximate surface area is 138 Å². The lowest BCUT2D eigenvalue weighted by atomic mass is 9.98. The maximum Gasteiger partial charge on any atom is 0.216 e. The second-order valence-electron chi connectivity index (χ2n) is 6.19. The van der Waals surface area contributed by atoms with Gasteiger partial charge in [0, 0.05) is 19.3 Å². The summed E-state index contributed by atoms with van der Waals surface area (Å²) in [6.07, 6.45) is 0.778. The third kappa shape index (κ3) is 3.74. The van der Waals surface area contributed by atoms with Crippen LogP contribution in [0.5, 0.6) is 0 Å². The predicted octanol–water partition coefficient (Wildman–Crippen LogP) is 3.00. The van der Waals surface area contributed by atoms with Gasteiger partial charge in [0.2, 0.25) is 10.0 Å². The highest BCUT2D eigenvalue weighted by atomic mass is 32.2. The van der Waals surface area contributed by atoms with Gasteiger partial charge in [0.05, 0.1) is 11.8 Å². The van der Waals surface area contributed by atoms with E-state index in [4.69, 9.17) is 0 Å². The number of nitrogens with zero attached hydrogens (tertiary/aromatic N) is 1. The van der Waals surface area contributed by atoms with Crippen molar-refractivity contribution in [2.75, 3.05) is 18.5 Å². The van der Waals surface area contributed by atoms with E-state index < -0.39 is 10.0 Å². The summed E-state index contributed by atoms with van der Waals surface area (Å²) in [6, 6.07) is 15.5. The smallest absolute Gasteiger partial charge is 0.216 e. The number of benzene rings is 2. The number of aryl methyl sites for hydroxylation is 1. The highest BCUT2D eigenvalue weighted by Gasteiger charge is 2.26. The lowest BCUT2D eigenvalue weighted by Gasteiger charge is -2.33. The third-order valence-corrected chi connectivity index (χ3v) is 5.59. The average Bonchev–Trinajstić information content (AvgIpc) is 2.50. The minimum atomic E-state index is -3.38. The molecule has 1 unspecified atom stereocenters. The van der Waals surface area contributed by atoms with Crippen LogP contribution in [0.2, 0.25) is 0 Å². The number of para-hydroxylation sites is 1. The first-order valence-corrected chi connectivity index (χ1v) is 9.45. The van der Waals surface area contributed by atoms with Crippen LogP contribution in [0.15, 0.2) is 48.5 Å². The van der Waals surface area contributed by atoms with Crippen LogP contribution >= 0.6 is 0 Å². The van der Waals surface area contributed by atoms with Crippen molar-refractivity contribution in [3.63, 3.8) is 0 Å². The Kier molecular flexibility index (Phi) is 4.41. The van der Waals surface area contributed by atoms with E-state index in [1.807, 2.05) is 62.5 Å². The fourth-order valence-electron chi connectivity index (χ4n) is 3.13. The standard InChI is InChI=1S/C18H22N2O2S/c1-14-6-5-7-15(12-14)13-23(21,22)19-17-10-11-20(2)18-9-4-3-8-16(17)18/h3-9,12,17,19H,10-11,13H2,1-2H3. The van der Waals surface area contributed by atoms with Gasteiger partial charge in [-0.1, -0.05) is 48.0 Å². The zero-order valence-corrected chi connectivity index (χ0v) is 14.3. The van der Waals surface area contributed by atoms with Crippen molar-refractivity contribution in [3.05, 3.63) is 65.2 Å². The Morgan fingerprint density at radius 3 is 2.74 bits per heavy atom. The van der Waals surface area contributed by atoms with Crippen LogP contribution in [0.4, 0.5) is 5.69 Å². The summed E-state index contributed by atoms with van der Waals surface area (Å²) in [5, 5.41) is 0. The van der Waals surface area contributed by atoms with E-state index in [1.54, 1.807) is 0 Å². The molecule has 4 nitrogen and oxygen atoms in total. The number of fused-ring (bicyclic) bond motifs is 1. The van der Waals surface area contributed by atoms with Gasteiger partial charge < -0.3 is 4.90 Å². The first kappa shape index (κ1) is 16.0. The van der Waals surface area contributed by atoms with Gasteiger partial charge in [-0.05, 0) is 30.5 Å². The summed E-state index contributed by atoms with van der Waals surface area (Å²) >= 11 is 0. The Balaban J connectivity index is 1.80. The summed E-state index contributed by atoms with van der Waals surface area (Å²) in [5.74, 6) is 0.0170. The van der Waals surface area contributed by atoms with Crippen LogP contribution < -0.4 is 9.62 Å². The second-order valence-corrected chi connectivity index (χ2v) is 7.94. The zero-order valence-electron chi connectivity index (χ0n) is 13.5. The Hall–Kier alpha value is -1.85. The number of anilines is 1. The topological polar surface area (TPSA) is 49.4 Å². The maximum absolute atomic E-state index is 12.5. The molecule has 2 aromatic rings. The molecule has 5 heteroatoms. The molecule has 0 aromatic heterocycles.